The van der Waals surface area contributed by atoms with E-state index in [9.17, 15) is 0 Å². The number of benzene rings is 1. The number of hydrogen-bond acceptors (Lipinski definition) is 5. The number of H-pyrrole nitrogens is 1. The lowest BCUT2D eigenvalue weighted by Gasteiger charge is -2.16. The summed E-state index contributed by atoms with van der Waals surface area (Å²) < 4.78 is 16.0. The monoisotopic (exact) mass is 277 g/mol. The van der Waals surface area contributed by atoms with Gasteiger partial charge < -0.3 is 19.5 Å². The van der Waals surface area contributed by atoms with Crippen LogP contribution < -0.4 is 19.5 Å². The minimum absolute atomic E-state index is 0.607. The van der Waals surface area contributed by atoms with Gasteiger partial charge in [0.2, 0.25) is 5.75 Å². The number of nitrogens with zero attached hydrogens (tertiary/aromatic N) is 1. The van der Waals surface area contributed by atoms with Crippen LogP contribution in [-0.2, 0) is 13.1 Å². The molecule has 0 saturated heterocycles. The van der Waals surface area contributed by atoms with Crippen molar-refractivity contribution < 1.29 is 14.2 Å². The Bertz CT molecular complexity index is 541. The Morgan fingerprint density at radius 1 is 1.00 bits per heavy atom. The van der Waals surface area contributed by atoms with Crippen LogP contribution in [0.2, 0.25) is 0 Å². The molecule has 2 rings (SSSR count). The first-order valence-electron chi connectivity index (χ1n) is 6.27. The van der Waals surface area contributed by atoms with Crippen molar-refractivity contribution in [1.82, 2.24) is 15.5 Å². The summed E-state index contributed by atoms with van der Waals surface area (Å²) in [6.07, 6.45) is 1.73. The highest BCUT2D eigenvalue weighted by Crippen LogP contribution is 2.39. The standard InChI is InChI=1S/C14H19N3O3/c1-18-12-5-4-10(13(19-2)14(12)20-3)8-15-9-11-6-7-16-17-11/h4-7,15H,8-9H2,1-3H3,(H,16,17). The van der Waals surface area contributed by atoms with Gasteiger partial charge in [-0.2, -0.15) is 5.10 Å². The van der Waals surface area contributed by atoms with E-state index in [0.29, 0.717) is 30.3 Å². The van der Waals surface area contributed by atoms with E-state index in [4.69, 9.17) is 14.2 Å². The molecule has 0 bridgehead atoms. The maximum Gasteiger partial charge on any atom is 0.203 e. The molecule has 1 aromatic heterocycles. The molecular formula is C14H19N3O3. The van der Waals surface area contributed by atoms with Crippen LogP contribution in [0.1, 0.15) is 11.3 Å². The van der Waals surface area contributed by atoms with Crippen LogP contribution in [0.3, 0.4) is 0 Å². The number of methoxy groups -OCH3 is 3. The summed E-state index contributed by atoms with van der Waals surface area (Å²) in [5.41, 5.74) is 2.04. The summed E-state index contributed by atoms with van der Waals surface area (Å²) in [5, 5.41) is 10.1. The number of aromatic nitrogens is 2. The van der Waals surface area contributed by atoms with Crippen molar-refractivity contribution in [2.45, 2.75) is 13.1 Å². The fraction of sp³-hybridized carbons (Fsp3) is 0.357. The van der Waals surface area contributed by atoms with Crippen molar-refractivity contribution in [1.29, 1.82) is 0 Å². The van der Waals surface area contributed by atoms with E-state index in [1.165, 1.54) is 0 Å². The molecule has 0 amide bonds. The van der Waals surface area contributed by atoms with E-state index in [-0.39, 0.29) is 0 Å². The Morgan fingerprint density at radius 3 is 2.40 bits per heavy atom. The zero-order valence-electron chi connectivity index (χ0n) is 11.9. The number of nitrogens with one attached hydrogen (secondary N) is 2. The van der Waals surface area contributed by atoms with E-state index >= 15 is 0 Å². The average molecular weight is 277 g/mol. The number of aromatic amines is 1. The molecule has 2 aromatic rings. The number of hydrogen-bond donors (Lipinski definition) is 2. The molecule has 0 radical (unpaired) electrons. The zero-order chi connectivity index (χ0) is 14.4. The van der Waals surface area contributed by atoms with E-state index in [0.717, 1.165) is 11.3 Å². The molecule has 2 N–H and O–H groups in total. The van der Waals surface area contributed by atoms with Gasteiger partial charge >= 0.3 is 0 Å². The highest BCUT2D eigenvalue weighted by atomic mass is 16.5. The largest absolute Gasteiger partial charge is 0.493 e. The van der Waals surface area contributed by atoms with E-state index < -0.39 is 0 Å². The lowest BCUT2D eigenvalue weighted by atomic mass is 10.1. The molecule has 0 spiro atoms. The number of rotatable bonds is 7. The molecule has 0 saturated carbocycles. The minimum atomic E-state index is 0.607. The van der Waals surface area contributed by atoms with Crippen LogP contribution >= 0.6 is 0 Å². The Balaban J connectivity index is 2.10. The summed E-state index contributed by atoms with van der Waals surface area (Å²) in [4.78, 5) is 0. The van der Waals surface area contributed by atoms with Gasteiger partial charge in [-0.3, -0.25) is 5.10 Å². The van der Waals surface area contributed by atoms with Crippen molar-refractivity contribution in [3.8, 4) is 17.2 Å². The van der Waals surface area contributed by atoms with E-state index in [2.05, 4.69) is 15.5 Å². The molecule has 1 heterocycles. The van der Waals surface area contributed by atoms with Gasteiger partial charge in [-0.1, -0.05) is 6.07 Å². The van der Waals surface area contributed by atoms with Gasteiger partial charge in [0.05, 0.1) is 21.3 Å². The van der Waals surface area contributed by atoms with Crippen molar-refractivity contribution in [2.24, 2.45) is 0 Å². The molecule has 108 valence electrons. The van der Waals surface area contributed by atoms with Gasteiger partial charge in [-0.15, -0.1) is 0 Å². The summed E-state index contributed by atoms with van der Waals surface area (Å²) in [5.74, 6) is 1.95. The Morgan fingerprint density at radius 2 is 1.80 bits per heavy atom. The van der Waals surface area contributed by atoms with Crippen molar-refractivity contribution in [3.05, 3.63) is 35.7 Å². The van der Waals surface area contributed by atoms with E-state index in [1.54, 1.807) is 27.5 Å². The molecule has 1 aromatic carbocycles. The molecule has 0 aliphatic rings. The summed E-state index contributed by atoms with van der Waals surface area (Å²) in [7, 11) is 4.82. The summed E-state index contributed by atoms with van der Waals surface area (Å²) in [6.45, 7) is 1.36. The molecule has 0 unspecified atom stereocenters. The van der Waals surface area contributed by atoms with Crippen LogP contribution in [0.25, 0.3) is 0 Å². The zero-order valence-corrected chi connectivity index (χ0v) is 11.9. The SMILES string of the molecule is COc1ccc(CNCc2ccn[nH]2)c(OC)c1OC. The van der Waals surface area contributed by atoms with Crippen molar-refractivity contribution >= 4 is 0 Å². The highest BCUT2D eigenvalue weighted by Gasteiger charge is 2.15. The topological polar surface area (TPSA) is 68.4 Å². The van der Waals surface area contributed by atoms with Crippen molar-refractivity contribution in [3.63, 3.8) is 0 Å². The first kappa shape index (κ1) is 14.2. The molecule has 0 aliphatic heterocycles. The predicted octanol–water partition coefficient (Wildman–Crippen LogP) is 1.73. The maximum atomic E-state index is 5.43. The molecule has 0 aliphatic carbocycles. The van der Waals surface area contributed by atoms with Gasteiger partial charge in [0.1, 0.15) is 0 Å². The van der Waals surface area contributed by atoms with E-state index in [1.807, 2.05) is 18.2 Å². The lowest BCUT2D eigenvalue weighted by Crippen LogP contribution is -2.14. The first-order chi connectivity index (χ1) is 9.80. The Hall–Kier alpha value is -2.21. The summed E-state index contributed by atoms with van der Waals surface area (Å²) in [6, 6.07) is 5.76. The second kappa shape index (κ2) is 6.81. The quantitative estimate of drug-likeness (QED) is 0.806. The van der Waals surface area contributed by atoms with Crippen LogP contribution in [0.4, 0.5) is 0 Å². The third kappa shape index (κ3) is 3.03. The van der Waals surface area contributed by atoms with Crippen LogP contribution in [0.15, 0.2) is 24.4 Å². The number of ether oxygens (including phenoxy) is 3. The summed E-state index contributed by atoms with van der Waals surface area (Å²) >= 11 is 0. The van der Waals surface area contributed by atoms with Crippen LogP contribution in [0, 0.1) is 0 Å². The van der Waals surface area contributed by atoms with Gasteiger partial charge in [-0.05, 0) is 12.1 Å². The van der Waals surface area contributed by atoms with Gasteiger partial charge in [0.15, 0.2) is 11.5 Å². The van der Waals surface area contributed by atoms with Gasteiger partial charge in [-0.25, -0.2) is 0 Å². The second-order valence-corrected chi connectivity index (χ2v) is 4.18. The van der Waals surface area contributed by atoms with Crippen LogP contribution in [0.5, 0.6) is 17.2 Å². The molecule has 0 atom stereocenters. The van der Waals surface area contributed by atoms with Gasteiger partial charge in [0, 0.05) is 30.5 Å². The van der Waals surface area contributed by atoms with Crippen molar-refractivity contribution in [2.75, 3.05) is 21.3 Å². The Kier molecular flexibility index (Phi) is 4.84. The maximum absolute atomic E-state index is 5.43. The first-order valence-corrected chi connectivity index (χ1v) is 6.27. The lowest BCUT2D eigenvalue weighted by molar-refractivity contribution is 0.321. The minimum Gasteiger partial charge on any atom is -0.493 e. The third-order valence-corrected chi connectivity index (χ3v) is 2.98. The molecular weight excluding hydrogens is 258 g/mol. The molecule has 6 nitrogen and oxygen atoms in total. The third-order valence-electron chi connectivity index (χ3n) is 2.98. The van der Waals surface area contributed by atoms with Gasteiger partial charge in [0.25, 0.3) is 0 Å². The molecule has 0 fully saturated rings. The average Bonchev–Trinajstić information content (AvgIpc) is 2.99. The molecule has 20 heavy (non-hydrogen) atoms. The molecule has 6 heteroatoms. The Labute approximate surface area is 118 Å². The fourth-order valence-electron chi connectivity index (χ4n) is 2.02. The predicted molar refractivity (Wildman–Crippen MR) is 75.2 cm³/mol. The second-order valence-electron chi connectivity index (χ2n) is 4.18. The fourth-order valence-corrected chi connectivity index (χ4v) is 2.02. The highest BCUT2D eigenvalue weighted by molar-refractivity contribution is 5.55. The smallest absolute Gasteiger partial charge is 0.203 e. The normalized spacial score (nSPS) is 10.3. The van der Waals surface area contributed by atoms with Crippen LogP contribution in [-0.4, -0.2) is 31.5 Å².